The number of unbranched alkanes of at least 4 members (excludes halogenated alkanes) is 27. The van der Waals surface area contributed by atoms with E-state index in [0.29, 0.717) is 38.5 Å². The van der Waals surface area contributed by atoms with Crippen LogP contribution >= 0.6 is 7.82 Å². The molecule has 8 N–H and O–H groups in total. The molecule has 2 heterocycles. The number of ether oxygens (including phenoxy) is 6. The third-order valence-electron chi connectivity index (χ3n) is 13.7. The van der Waals surface area contributed by atoms with Gasteiger partial charge in [0.05, 0.1) is 26.4 Å². The van der Waals surface area contributed by atoms with Crippen LogP contribution < -0.4 is 0 Å². The van der Waals surface area contributed by atoms with E-state index >= 15 is 0 Å². The summed E-state index contributed by atoms with van der Waals surface area (Å²) < 4.78 is 56.4. The predicted molar refractivity (Wildman–Crippen MR) is 274 cm³/mol. The fourth-order valence-electron chi connectivity index (χ4n) is 9.04. The summed E-state index contributed by atoms with van der Waals surface area (Å²) in [5, 5.41) is 71.4. The van der Waals surface area contributed by atoms with Gasteiger partial charge < -0.3 is 69.1 Å². The fraction of sp³-hybridized carbons (Fsp3) is 0.962. The highest BCUT2D eigenvalue weighted by Gasteiger charge is 2.50. The summed E-state index contributed by atoms with van der Waals surface area (Å²) in [5.41, 5.74) is 0. The second-order valence-corrected chi connectivity index (χ2v) is 21.6. The van der Waals surface area contributed by atoms with Crippen molar-refractivity contribution in [3.05, 3.63) is 0 Å². The molecule has 0 aliphatic carbocycles. The molecule has 0 bridgehead atoms. The van der Waals surface area contributed by atoms with Crippen molar-refractivity contribution >= 4 is 19.8 Å². The molecule has 19 nitrogen and oxygen atoms in total. The molecule has 2 aliphatic heterocycles. The quantitative estimate of drug-likeness (QED) is 0.0164. The van der Waals surface area contributed by atoms with Gasteiger partial charge in [0.1, 0.15) is 55.4 Å². The lowest BCUT2D eigenvalue weighted by atomic mass is 9.97. The van der Waals surface area contributed by atoms with Crippen molar-refractivity contribution in [2.24, 2.45) is 0 Å². The Morgan fingerprint density at radius 1 is 0.479 bits per heavy atom. The highest BCUT2D eigenvalue weighted by atomic mass is 31.2. The van der Waals surface area contributed by atoms with E-state index in [1.54, 1.807) is 0 Å². The molecule has 20 heteroatoms. The van der Waals surface area contributed by atoms with Gasteiger partial charge in [0.15, 0.2) is 18.7 Å². The standard InChI is InChI=1S/C53H101O19P/c1-3-5-7-9-11-13-15-17-19-21-23-25-29-33-44(56)66-39-41(69-45(57)34-30-26-24-22-20-18-16-14-12-10-8-6-4-2)40-68-73(63,64)67-36-32-28-27-31-35-65-52-50(62)48(60)51(43(38-55)71-52)72-53-49(61)47(59)46(58)42(37-54)70-53/h41-43,46-55,58-62H,3-40H2,1-2H3,(H,63,64)/t41?,42-,43-,46+,47+,48-,49-,50-,51-,52?,53?/m1/s1. The number of phosphoric ester groups is 1. The monoisotopic (exact) mass is 1070 g/mol. The molecule has 12 atom stereocenters. The normalized spacial score (nSPS) is 25.6. The van der Waals surface area contributed by atoms with Gasteiger partial charge in [-0.1, -0.05) is 181 Å². The zero-order valence-corrected chi connectivity index (χ0v) is 45.6. The Labute approximate surface area is 437 Å². The molecule has 432 valence electrons. The molecule has 0 radical (unpaired) electrons. The lowest BCUT2D eigenvalue weighted by molar-refractivity contribution is -0.359. The highest BCUT2D eigenvalue weighted by molar-refractivity contribution is 7.47. The van der Waals surface area contributed by atoms with Crippen molar-refractivity contribution in [1.29, 1.82) is 0 Å². The van der Waals surface area contributed by atoms with Crippen LogP contribution in [0.3, 0.4) is 0 Å². The SMILES string of the molecule is CCCCCCCCCCCCCCCC(=O)OCC(COP(=O)(O)OCCCCCCOC1O[C@H](CO)[C@@H](OC2O[C@H](CO)[C@H](O)[C@H](O)[C@H]2O)[C@H](O)[C@H]1O)OC(=O)CCCCCCCCCCCCCCC. The molecule has 2 aliphatic rings. The zero-order valence-electron chi connectivity index (χ0n) is 44.7. The van der Waals surface area contributed by atoms with Crippen molar-refractivity contribution in [3.63, 3.8) is 0 Å². The molecule has 4 unspecified atom stereocenters. The number of aliphatic hydroxyl groups is 7. The first-order valence-corrected chi connectivity index (χ1v) is 29.9. The molecule has 0 aromatic heterocycles. The number of hydrogen-bond donors (Lipinski definition) is 8. The molecule has 0 saturated carbocycles. The number of rotatable bonds is 47. The summed E-state index contributed by atoms with van der Waals surface area (Å²) in [6, 6.07) is 0. The second kappa shape index (κ2) is 42.6. The maximum absolute atomic E-state index is 12.9. The summed E-state index contributed by atoms with van der Waals surface area (Å²) >= 11 is 0. The van der Waals surface area contributed by atoms with Crippen molar-refractivity contribution in [2.75, 3.05) is 39.6 Å². The van der Waals surface area contributed by atoms with Crippen molar-refractivity contribution in [1.82, 2.24) is 0 Å². The van der Waals surface area contributed by atoms with Crippen LogP contribution in [0.1, 0.15) is 219 Å². The highest BCUT2D eigenvalue weighted by Crippen LogP contribution is 2.43. The maximum Gasteiger partial charge on any atom is 0.472 e. The Balaban J connectivity index is 1.71. The lowest BCUT2D eigenvalue weighted by Gasteiger charge is -2.45. The maximum atomic E-state index is 12.9. The van der Waals surface area contributed by atoms with Gasteiger partial charge >= 0.3 is 19.8 Å². The van der Waals surface area contributed by atoms with Gasteiger partial charge in [-0.25, -0.2) is 4.57 Å². The Morgan fingerprint density at radius 3 is 1.40 bits per heavy atom. The molecule has 0 aromatic rings. The third-order valence-corrected chi connectivity index (χ3v) is 14.6. The average molecular weight is 1070 g/mol. The number of carbonyl (C=O) groups excluding carboxylic acids is 2. The first-order valence-electron chi connectivity index (χ1n) is 28.4. The van der Waals surface area contributed by atoms with Crippen LogP contribution in [0.2, 0.25) is 0 Å². The lowest BCUT2D eigenvalue weighted by Crippen LogP contribution is -2.64. The van der Waals surface area contributed by atoms with Crippen LogP contribution in [0.5, 0.6) is 0 Å². The van der Waals surface area contributed by atoms with Crippen molar-refractivity contribution < 1.29 is 92.3 Å². The van der Waals surface area contributed by atoms with Gasteiger partial charge in [-0.15, -0.1) is 0 Å². The molecule has 73 heavy (non-hydrogen) atoms. The van der Waals surface area contributed by atoms with Crippen LogP contribution in [0, 0.1) is 0 Å². The largest absolute Gasteiger partial charge is 0.472 e. The average Bonchev–Trinajstić information content (AvgIpc) is 3.37. The topological polar surface area (TPSA) is 287 Å². The second-order valence-electron chi connectivity index (χ2n) is 20.2. The van der Waals surface area contributed by atoms with Gasteiger partial charge in [0.25, 0.3) is 0 Å². The zero-order chi connectivity index (χ0) is 53.5. The molecule has 2 saturated heterocycles. The molecule has 2 fully saturated rings. The van der Waals surface area contributed by atoms with E-state index in [2.05, 4.69) is 13.8 Å². The van der Waals surface area contributed by atoms with E-state index in [9.17, 15) is 54.8 Å². The summed E-state index contributed by atoms with van der Waals surface area (Å²) in [5.74, 6) is -0.932. The summed E-state index contributed by atoms with van der Waals surface area (Å²) in [7, 11) is -4.58. The van der Waals surface area contributed by atoms with E-state index in [4.69, 9.17) is 37.5 Å². The third kappa shape index (κ3) is 31.0. The van der Waals surface area contributed by atoms with Gasteiger partial charge in [-0.3, -0.25) is 18.6 Å². The van der Waals surface area contributed by atoms with Crippen molar-refractivity contribution in [3.8, 4) is 0 Å². The van der Waals surface area contributed by atoms with E-state index in [1.165, 1.54) is 116 Å². The number of hydrogen-bond acceptors (Lipinski definition) is 18. The molecule has 0 aromatic carbocycles. The van der Waals surface area contributed by atoms with Gasteiger partial charge in [0, 0.05) is 19.4 Å². The van der Waals surface area contributed by atoms with Crippen LogP contribution in [-0.2, 0) is 51.6 Å². The Morgan fingerprint density at radius 2 is 0.904 bits per heavy atom. The van der Waals surface area contributed by atoms with Crippen LogP contribution in [0.25, 0.3) is 0 Å². The Hall–Kier alpha value is -1.39. The summed E-state index contributed by atoms with van der Waals surface area (Å²) in [6.07, 6.45) is 16.4. The van der Waals surface area contributed by atoms with Gasteiger partial charge in [-0.2, -0.15) is 0 Å². The minimum Gasteiger partial charge on any atom is -0.462 e. The van der Waals surface area contributed by atoms with Crippen LogP contribution in [0.15, 0.2) is 0 Å². The molecule has 0 amide bonds. The van der Waals surface area contributed by atoms with Crippen LogP contribution in [-0.4, -0.2) is 160 Å². The molecule has 2 rings (SSSR count). The van der Waals surface area contributed by atoms with Gasteiger partial charge in [-0.05, 0) is 25.7 Å². The van der Waals surface area contributed by atoms with E-state index < -0.39 is 107 Å². The fourth-order valence-corrected chi connectivity index (χ4v) is 9.83. The van der Waals surface area contributed by atoms with E-state index in [0.717, 1.165) is 38.5 Å². The Bertz CT molecular complexity index is 1390. The minimum absolute atomic E-state index is 0.0662. The van der Waals surface area contributed by atoms with Gasteiger partial charge in [0.2, 0.25) is 0 Å². The molecular weight excluding hydrogens is 972 g/mol. The summed E-state index contributed by atoms with van der Waals surface area (Å²) in [6.45, 7) is 2.17. The summed E-state index contributed by atoms with van der Waals surface area (Å²) in [4.78, 5) is 36.0. The smallest absolute Gasteiger partial charge is 0.462 e. The predicted octanol–water partition coefficient (Wildman–Crippen LogP) is 7.74. The molecular formula is C53H101O19P. The first-order chi connectivity index (χ1) is 35.3. The van der Waals surface area contributed by atoms with E-state index in [-0.39, 0.29) is 32.7 Å². The number of phosphoric acid groups is 1. The van der Waals surface area contributed by atoms with E-state index in [1.807, 2.05) is 0 Å². The first kappa shape index (κ1) is 67.7. The number of aliphatic hydroxyl groups excluding tert-OH is 7. The number of esters is 2. The van der Waals surface area contributed by atoms with Crippen molar-refractivity contribution in [2.45, 2.75) is 287 Å². The Kier molecular flexibility index (Phi) is 39.5. The minimum atomic E-state index is -4.58. The number of carbonyl (C=O) groups is 2. The molecule has 0 spiro atoms. The van der Waals surface area contributed by atoms with Crippen LogP contribution in [0.4, 0.5) is 0 Å².